The minimum absolute atomic E-state index is 0.0891. The third-order valence-corrected chi connectivity index (χ3v) is 5.44. The zero-order valence-electron chi connectivity index (χ0n) is 17.8. The highest BCUT2D eigenvalue weighted by Gasteiger charge is 2.17. The molecule has 0 bridgehead atoms. The van der Waals surface area contributed by atoms with Crippen LogP contribution >= 0.6 is 0 Å². The molecule has 30 heavy (non-hydrogen) atoms. The number of carbonyl (C=O) groups excluding carboxylic acids is 2. The minimum Gasteiger partial charge on any atom is -0.457 e. The molecule has 0 fully saturated rings. The molecule has 0 N–H and O–H groups in total. The second kappa shape index (κ2) is 8.13. The Morgan fingerprint density at radius 3 is 2.40 bits per heavy atom. The minimum atomic E-state index is -0.488. The lowest BCUT2D eigenvalue weighted by Crippen LogP contribution is -2.37. The van der Waals surface area contributed by atoms with E-state index in [0.717, 1.165) is 16.0 Å². The van der Waals surface area contributed by atoms with E-state index < -0.39 is 17.2 Å². The Balaban J connectivity index is 1.59. The van der Waals surface area contributed by atoms with Crippen molar-refractivity contribution in [1.29, 1.82) is 0 Å². The summed E-state index contributed by atoms with van der Waals surface area (Å²) in [5.74, 6) is -0.729. The molecule has 10 heteroatoms. The first-order valence-corrected chi connectivity index (χ1v) is 9.56. The molecule has 0 saturated heterocycles. The monoisotopic (exact) mass is 415 g/mol. The van der Waals surface area contributed by atoms with Gasteiger partial charge >= 0.3 is 11.7 Å². The summed E-state index contributed by atoms with van der Waals surface area (Å²) in [4.78, 5) is 52.9. The van der Waals surface area contributed by atoms with Crippen molar-refractivity contribution in [3.8, 4) is 0 Å². The normalized spacial score (nSPS) is 11.2. The maximum atomic E-state index is 12.4. The van der Waals surface area contributed by atoms with Crippen LogP contribution in [0, 0.1) is 13.8 Å². The maximum Gasteiger partial charge on any atom is 0.332 e. The maximum absolute atomic E-state index is 12.4. The number of ether oxygens (including phenoxy) is 1. The molecular weight excluding hydrogens is 390 g/mol. The fourth-order valence-electron chi connectivity index (χ4n) is 3.39. The summed E-state index contributed by atoms with van der Waals surface area (Å²) < 4.78 is 11.0. The summed E-state index contributed by atoms with van der Waals surface area (Å²) in [6.45, 7) is 3.79. The molecule has 3 aromatic heterocycles. The fourth-order valence-corrected chi connectivity index (χ4v) is 3.39. The Morgan fingerprint density at radius 2 is 1.77 bits per heavy atom. The number of rotatable bonds is 7. The zero-order valence-corrected chi connectivity index (χ0v) is 17.8. The van der Waals surface area contributed by atoms with E-state index in [1.54, 1.807) is 17.7 Å². The van der Waals surface area contributed by atoms with Gasteiger partial charge in [-0.15, -0.1) is 0 Å². The Morgan fingerprint density at radius 1 is 1.07 bits per heavy atom. The molecule has 160 valence electrons. The first kappa shape index (κ1) is 21.3. The molecule has 0 radical (unpaired) electrons. The van der Waals surface area contributed by atoms with Crippen molar-refractivity contribution in [1.82, 2.24) is 23.3 Å². The van der Waals surface area contributed by atoms with Gasteiger partial charge in [0.1, 0.15) is 0 Å². The summed E-state index contributed by atoms with van der Waals surface area (Å²) in [6, 6.07) is 1.78. The summed E-state index contributed by atoms with van der Waals surface area (Å²) in [6.07, 6.45) is 1.96. The van der Waals surface area contributed by atoms with E-state index >= 15 is 0 Å². The van der Waals surface area contributed by atoms with Crippen LogP contribution in [0.5, 0.6) is 0 Å². The molecular formula is C20H25N5O5. The highest BCUT2D eigenvalue weighted by Crippen LogP contribution is 2.14. The third-order valence-electron chi connectivity index (χ3n) is 5.44. The van der Waals surface area contributed by atoms with Crippen LogP contribution in [0.4, 0.5) is 0 Å². The Labute approximate surface area is 172 Å². The Bertz CT molecular complexity index is 1260. The SMILES string of the molecule is Cc1cc(C(=O)COC(=O)CCCn2cnc3c2c(=O)n(C)c(=O)n3C)c(C)n1C. The van der Waals surface area contributed by atoms with Gasteiger partial charge in [0.05, 0.1) is 6.33 Å². The van der Waals surface area contributed by atoms with Crippen molar-refractivity contribution < 1.29 is 14.3 Å². The van der Waals surface area contributed by atoms with Gasteiger partial charge in [-0.3, -0.25) is 23.5 Å². The van der Waals surface area contributed by atoms with E-state index in [2.05, 4.69) is 4.98 Å². The number of Topliss-reactive ketones (excluding diaryl/α,β-unsaturated/α-hetero) is 1. The zero-order chi connectivity index (χ0) is 22.2. The van der Waals surface area contributed by atoms with Gasteiger partial charge in [-0.25, -0.2) is 9.78 Å². The average Bonchev–Trinajstić information content (AvgIpc) is 3.25. The molecule has 0 saturated carbocycles. The lowest BCUT2D eigenvalue weighted by atomic mass is 10.1. The second-order valence-corrected chi connectivity index (χ2v) is 7.35. The standard InChI is InChI=1S/C20H25N5O5/c1-12-9-14(13(2)22(12)3)15(26)10-30-16(27)7-6-8-25-11-21-18-17(25)19(28)24(5)20(29)23(18)4/h9,11H,6-8,10H2,1-5H3. The summed E-state index contributed by atoms with van der Waals surface area (Å²) >= 11 is 0. The summed E-state index contributed by atoms with van der Waals surface area (Å²) in [5, 5.41) is 0. The van der Waals surface area contributed by atoms with Crippen molar-refractivity contribution in [2.75, 3.05) is 6.61 Å². The molecule has 0 aliphatic heterocycles. The Hall–Kier alpha value is -3.43. The quantitative estimate of drug-likeness (QED) is 0.413. The molecule has 0 aliphatic carbocycles. The van der Waals surface area contributed by atoms with E-state index in [4.69, 9.17) is 4.74 Å². The molecule has 0 spiro atoms. The molecule has 3 rings (SSSR count). The Kier molecular flexibility index (Phi) is 5.77. The van der Waals surface area contributed by atoms with Crippen LogP contribution in [-0.4, -0.2) is 41.6 Å². The molecule has 0 unspecified atom stereocenters. The molecule has 10 nitrogen and oxygen atoms in total. The first-order chi connectivity index (χ1) is 14.1. The van der Waals surface area contributed by atoms with E-state index in [1.807, 2.05) is 25.5 Å². The van der Waals surface area contributed by atoms with Crippen molar-refractivity contribution in [3.05, 3.63) is 50.2 Å². The third kappa shape index (κ3) is 3.72. The lowest BCUT2D eigenvalue weighted by Gasteiger charge is -2.07. The van der Waals surface area contributed by atoms with E-state index in [1.165, 1.54) is 17.9 Å². The average molecular weight is 415 g/mol. The summed E-state index contributed by atoms with van der Waals surface area (Å²) in [7, 11) is 4.83. The number of hydrogen-bond donors (Lipinski definition) is 0. The molecule has 0 aromatic carbocycles. The van der Waals surface area contributed by atoms with Crippen molar-refractivity contribution in [2.45, 2.75) is 33.2 Å². The van der Waals surface area contributed by atoms with Crippen LogP contribution in [0.25, 0.3) is 11.2 Å². The molecule has 0 amide bonds. The fraction of sp³-hybridized carbons (Fsp3) is 0.450. The predicted molar refractivity (Wildman–Crippen MR) is 110 cm³/mol. The first-order valence-electron chi connectivity index (χ1n) is 9.56. The van der Waals surface area contributed by atoms with Crippen molar-refractivity contribution in [3.63, 3.8) is 0 Å². The van der Waals surface area contributed by atoms with Gasteiger partial charge in [-0.1, -0.05) is 0 Å². The van der Waals surface area contributed by atoms with Crippen LogP contribution in [0.15, 0.2) is 22.0 Å². The van der Waals surface area contributed by atoms with Crippen LogP contribution in [0.3, 0.4) is 0 Å². The van der Waals surface area contributed by atoms with E-state index in [-0.39, 0.29) is 18.8 Å². The van der Waals surface area contributed by atoms with Crippen LogP contribution in [0.1, 0.15) is 34.6 Å². The molecule has 3 heterocycles. The van der Waals surface area contributed by atoms with E-state index in [0.29, 0.717) is 29.7 Å². The number of hydrogen-bond acceptors (Lipinski definition) is 6. The molecule has 0 atom stereocenters. The van der Waals surface area contributed by atoms with Crippen LogP contribution < -0.4 is 11.2 Å². The second-order valence-electron chi connectivity index (χ2n) is 7.35. The van der Waals surface area contributed by atoms with Gasteiger partial charge in [0.2, 0.25) is 5.78 Å². The number of ketones is 1. The van der Waals surface area contributed by atoms with Crippen molar-refractivity contribution >= 4 is 22.9 Å². The number of nitrogens with zero attached hydrogens (tertiary/aromatic N) is 5. The molecule has 3 aromatic rings. The number of aromatic nitrogens is 5. The number of carbonyl (C=O) groups is 2. The van der Waals surface area contributed by atoms with Gasteiger partial charge in [0.15, 0.2) is 17.8 Å². The van der Waals surface area contributed by atoms with Gasteiger partial charge in [0, 0.05) is 51.1 Å². The van der Waals surface area contributed by atoms with Crippen LogP contribution in [-0.2, 0) is 37.2 Å². The van der Waals surface area contributed by atoms with Gasteiger partial charge in [-0.2, -0.15) is 0 Å². The smallest absolute Gasteiger partial charge is 0.332 e. The van der Waals surface area contributed by atoms with Gasteiger partial charge < -0.3 is 13.9 Å². The number of imidazole rings is 1. The van der Waals surface area contributed by atoms with Crippen LogP contribution in [0.2, 0.25) is 0 Å². The largest absolute Gasteiger partial charge is 0.457 e. The van der Waals surface area contributed by atoms with Gasteiger partial charge in [0.25, 0.3) is 5.56 Å². The number of fused-ring (bicyclic) bond motifs is 1. The van der Waals surface area contributed by atoms with Crippen molar-refractivity contribution in [2.24, 2.45) is 21.1 Å². The number of esters is 1. The lowest BCUT2D eigenvalue weighted by molar-refractivity contribution is -0.142. The summed E-state index contributed by atoms with van der Waals surface area (Å²) in [5.41, 5.74) is 2.05. The molecule has 0 aliphatic rings. The predicted octanol–water partition coefficient (Wildman–Crippen LogP) is 0.595. The highest BCUT2D eigenvalue weighted by atomic mass is 16.5. The van der Waals surface area contributed by atoms with E-state index in [9.17, 15) is 19.2 Å². The number of aryl methyl sites for hydroxylation is 3. The highest BCUT2D eigenvalue weighted by molar-refractivity contribution is 5.99. The topological polar surface area (TPSA) is 110 Å². The van der Waals surface area contributed by atoms with Gasteiger partial charge in [-0.05, 0) is 26.3 Å².